The van der Waals surface area contributed by atoms with E-state index in [2.05, 4.69) is 12.2 Å². The van der Waals surface area contributed by atoms with Crippen molar-refractivity contribution in [1.82, 2.24) is 5.32 Å². The second kappa shape index (κ2) is 7.36. The molecule has 0 heterocycles. The molecule has 2 nitrogen and oxygen atoms in total. The highest BCUT2D eigenvalue weighted by molar-refractivity contribution is 5.83. The molecule has 3 saturated carbocycles. The third-order valence-electron chi connectivity index (χ3n) is 7.01. The molecular formula is C20H35NO. The molecule has 3 fully saturated rings. The third kappa shape index (κ3) is 3.21. The van der Waals surface area contributed by atoms with Crippen LogP contribution in [0.3, 0.4) is 0 Å². The largest absolute Gasteiger partial charge is 0.356 e. The quantitative estimate of drug-likeness (QED) is 0.623. The molecule has 22 heavy (non-hydrogen) atoms. The van der Waals surface area contributed by atoms with E-state index in [9.17, 15) is 4.79 Å². The molecule has 3 aliphatic rings. The molecule has 2 heteroatoms. The first kappa shape index (κ1) is 16.3. The highest BCUT2D eigenvalue weighted by atomic mass is 16.2. The van der Waals surface area contributed by atoms with Crippen molar-refractivity contribution in [3.05, 3.63) is 0 Å². The van der Waals surface area contributed by atoms with Crippen LogP contribution < -0.4 is 5.32 Å². The molecule has 0 spiro atoms. The zero-order valence-electron chi connectivity index (χ0n) is 14.5. The molecule has 0 aromatic heterocycles. The lowest BCUT2D eigenvalue weighted by Gasteiger charge is -2.48. The Morgan fingerprint density at radius 2 is 1.86 bits per heavy atom. The first-order chi connectivity index (χ1) is 10.8. The van der Waals surface area contributed by atoms with Crippen LogP contribution in [0.25, 0.3) is 0 Å². The second-order valence-corrected chi connectivity index (χ2v) is 8.31. The van der Waals surface area contributed by atoms with Crippen molar-refractivity contribution in [2.24, 2.45) is 23.2 Å². The van der Waals surface area contributed by atoms with Gasteiger partial charge in [-0.1, -0.05) is 51.9 Å². The maximum absolute atomic E-state index is 12.9. The summed E-state index contributed by atoms with van der Waals surface area (Å²) in [5.41, 5.74) is 0.0398. The van der Waals surface area contributed by atoms with E-state index in [1.807, 2.05) is 0 Å². The molecule has 0 radical (unpaired) electrons. The van der Waals surface area contributed by atoms with Crippen LogP contribution in [-0.2, 0) is 4.79 Å². The Morgan fingerprint density at radius 1 is 1.05 bits per heavy atom. The van der Waals surface area contributed by atoms with Gasteiger partial charge < -0.3 is 5.32 Å². The molecule has 126 valence electrons. The average molecular weight is 306 g/mol. The molecule has 4 atom stereocenters. The highest BCUT2D eigenvalue weighted by Crippen LogP contribution is 2.60. The number of fused-ring (bicyclic) bond motifs is 6. The minimum absolute atomic E-state index is 0.0398. The van der Waals surface area contributed by atoms with Crippen molar-refractivity contribution in [2.75, 3.05) is 6.54 Å². The van der Waals surface area contributed by atoms with Crippen LogP contribution >= 0.6 is 0 Å². The monoisotopic (exact) mass is 305 g/mol. The fourth-order valence-corrected chi connectivity index (χ4v) is 5.75. The average Bonchev–Trinajstić information content (AvgIpc) is 3.00. The van der Waals surface area contributed by atoms with Crippen LogP contribution in [0.1, 0.15) is 90.4 Å². The summed E-state index contributed by atoms with van der Waals surface area (Å²) in [5.74, 6) is 2.96. The maximum atomic E-state index is 12.9. The van der Waals surface area contributed by atoms with E-state index < -0.39 is 0 Å². The number of carbonyl (C=O) groups is 1. The molecule has 3 rings (SSSR count). The molecule has 0 saturated heterocycles. The number of hydrogen-bond donors (Lipinski definition) is 1. The topological polar surface area (TPSA) is 29.1 Å². The predicted molar refractivity (Wildman–Crippen MR) is 91.6 cm³/mol. The van der Waals surface area contributed by atoms with Crippen molar-refractivity contribution in [3.8, 4) is 0 Å². The Balaban J connectivity index is 1.45. The Kier molecular flexibility index (Phi) is 5.46. The Labute approximate surface area is 136 Å². The summed E-state index contributed by atoms with van der Waals surface area (Å²) in [4.78, 5) is 12.9. The number of amides is 1. The molecule has 0 aliphatic heterocycles. The van der Waals surface area contributed by atoms with Crippen LogP contribution in [0.2, 0.25) is 0 Å². The number of hydrogen-bond acceptors (Lipinski definition) is 1. The number of unbranched alkanes of at least 4 members (excludes halogenated alkanes) is 5. The van der Waals surface area contributed by atoms with Gasteiger partial charge in [0.15, 0.2) is 0 Å². The molecule has 4 bridgehead atoms. The second-order valence-electron chi connectivity index (χ2n) is 8.31. The molecule has 0 aromatic rings. The van der Waals surface area contributed by atoms with Gasteiger partial charge in [-0.15, -0.1) is 0 Å². The summed E-state index contributed by atoms with van der Waals surface area (Å²) in [6, 6.07) is 0. The highest BCUT2D eigenvalue weighted by Gasteiger charge is 2.56. The summed E-state index contributed by atoms with van der Waals surface area (Å²) < 4.78 is 0. The first-order valence-corrected chi connectivity index (χ1v) is 10.0. The van der Waals surface area contributed by atoms with Crippen LogP contribution in [0, 0.1) is 23.2 Å². The van der Waals surface area contributed by atoms with Crippen LogP contribution in [0.15, 0.2) is 0 Å². The first-order valence-electron chi connectivity index (χ1n) is 10.0. The van der Waals surface area contributed by atoms with Gasteiger partial charge in [0.2, 0.25) is 5.91 Å². The van der Waals surface area contributed by atoms with Crippen LogP contribution in [0.5, 0.6) is 0 Å². The summed E-state index contributed by atoms with van der Waals surface area (Å²) >= 11 is 0. The van der Waals surface area contributed by atoms with Gasteiger partial charge in [0, 0.05) is 6.54 Å². The van der Waals surface area contributed by atoms with Gasteiger partial charge in [0.05, 0.1) is 5.41 Å². The van der Waals surface area contributed by atoms with Crippen molar-refractivity contribution < 1.29 is 4.79 Å². The predicted octanol–water partition coefficient (Wildman–Crippen LogP) is 5.07. The van der Waals surface area contributed by atoms with Gasteiger partial charge in [-0.25, -0.2) is 0 Å². The third-order valence-corrected chi connectivity index (χ3v) is 7.01. The van der Waals surface area contributed by atoms with Crippen molar-refractivity contribution in [1.29, 1.82) is 0 Å². The number of nitrogens with one attached hydrogen (secondary N) is 1. The Morgan fingerprint density at radius 3 is 2.73 bits per heavy atom. The molecule has 3 aliphatic carbocycles. The standard InChI is InChI=1S/C20H35NO/c1-2-3-4-5-6-7-13-21-19(22)20-12-8-9-17(15-20)16-10-11-18(20)14-16/h16-18H,2-15H2,1H3,(H,21,22)/t16-,17-,18+,20+/m0/s1. The summed E-state index contributed by atoms with van der Waals surface area (Å²) in [6.07, 6.45) is 17.0. The molecular weight excluding hydrogens is 270 g/mol. The minimum atomic E-state index is 0.0398. The Bertz CT molecular complexity index is 380. The van der Waals surface area contributed by atoms with Crippen molar-refractivity contribution in [2.45, 2.75) is 90.4 Å². The summed E-state index contributed by atoms with van der Waals surface area (Å²) in [5, 5.41) is 3.33. The van der Waals surface area contributed by atoms with Gasteiger partial charge in [0.1, 0.15) is 0 Å². The van der Waals surface area contributed by atoms with Gasteiger partial charge in [-0.2, -0.15) is 0 Å². The van der Waals surface area contributed by atoms with Gasteiger partial charge >= 0.3 is 0 Å². The lowest BCUT2D eigenvalue weighted by molar-refractivity contribution is -0.141. The van der Waals surface area contributed by atoms with Crippen LogP contribution in [0.4, 0.5) is 0 Å². The van der Waals surface area contributed by atoms with Crippen molar-refractivity contribution >= 4 is 5.91 Å². The van der Waals surface area contributed by atoms with Gasteiger partial charge in [-0.05, 0) is 56.3 Å². The van der Waals surface area contributed by atoms with E-state index >= 15 is 0 Å². The van der Waals surface area contributed by atoms with Crippen molar-refractivity contribution in [3.63, 3.8) is 0 Å². The van der Waals surface area contributed by atoms with E-state index in [-0.39, 0.29) is 5.41 Å². The number of carbonyl (C=O) groups excluding carboxylic acids is 1. The zero-order valence-corrected chi connectivity index (χ0v) is 14.5. The fourth-order valence-electron chi connectivity index (χ4n) is 5.75. The van der Waals surface area contributed by atoms with E-state index in [0.29, 0.717) is 11.8 Å². The molecule has 0 unspecified atom stereocenters. The zero-order chi connectivity index (χ0) is 15.4. The lowest BCUT2D eigenvalue weighted by atomic mass is 9.56. The van der Waals surface area contributed by atoms with E-state index in [1.54, 1.807) is 0 Å². The molecule has 0 aromatic carbocycles. The van der Waals surface area contributed by atoms with Gasteiger partial charge in [-0.3, -0.25) is 4.79 Å². The summed E-state index contributed by atoms with van der Waals surface area (Å²) in [6.45, 7) is 3.17. The summed E-state index contributed by atoms with van der Waals surface area (Å²) in [7, 11) is 0. The molecule has 1 N–H and O–H groups in total. The minimum Gasteiger partial charge on any atom is -0.356 e. The van der Waals surface area contributed by atoms with E-state index in [1.165, 1.54) is 83.5 Å². The SMILES string of the molecule is CCCCCCCCNC(=O)[C@]12CCC[C@@H](C1)[C@H]1CC[C@@H]2C1. The molecule has 1 amide bonds. The lowest BCUT2D eigenvalue weighted by Crippen LogP contribution is -2.51. The normalized spacial score (nSPS) is 36.3. The Hall–Kier alpha value is -0.530. The fraction of sp³-hybridized carbons (Fsp3) is 0.950. The van der Waals surface area contributed by atoms with Crippen LogP contribution in [-0.4, -0.2) is 12.5 Å². The van der Waals surface area contributed by atoms with Gasteiger partial charge in [0.25, 0.3) is 0 Å². The van der Waals surface area contributed by atoms with E-state index in [0.717, 1.165) is 18.4 Å². The number of rotatable bonds is 8. The maximum Gasteiger partial charge on any atom is 0.226 e. The van der Waals surface area contributed by atoms with E-state index in [4.69, 9.17) is 0 Å². The smallest absolute Gasteiger partial charge is 0.226 e.